The van der Waals surface area contributed by atoms with E-state index in [4.69, 9.17) is 4.74 Å². The smallest absolute Gasteiger partial charge is 0.353 e. The first-order valence-corrected chi connectivity index (χ1v) is 12.4. The van der Waals surface area contributed by atoms with E-state index in [1.165, 1.54) is 16.2 Å². The second kappa shape index (κ2) is 7.48. The molecular formula is C29H19NO4S. The molecule has 0 unspecified atom stereocenters. The molecule has 4 aromatic rings. The molecule has 3 aromatic carbocycles. The first-order chi connectivity index (χ1) is 17.1. The molecule has 35 heavy (non-hydrogen) atoms. The topological polar surface area (TPSA) is 63.7 Å². The zero-order valence-electron chi connectivity index (χ0n) is 18.5. The summed E-state index contributed by atoms with van der Waals surface area (Å²) in [6.07, 6.45) is 0. The third kappa shape index (κ3) is 2.83. The molecule has 2 heterocycles. The highest BCUT2D eigenvalue weighted by atomic mass is 32.1. The summed E-state index contributed by atoms with van der Waals surface area (Å²) in [5.74, 6) is -1.51. The van der Waals surface area contributed by atoms with Crippen molar-refractivity contribution in [3.05, 3.63) is 117 Å². The van der Waals surface area contributed by atoms with Gasteiger partial charge in [0.25, 0.3) is 0 Å². The molecule has 5 nitrogen and oxygen atoms in total. The molecule has 0 spiro atoms. The van der Waals surface area contributed by atoms with Gasteiger partial charge in [-0.3, -0.25) is 9.59 Å². The van der Waals surface area contributed by atoms with Crippen LogP contribution in [0.2, 0.25) is 0 Å². The van der Waals surface area contributed by atoms with Crippen LogP contribution in [0.3, 0.4) is 0 Å². The summed E-state index contributed by atoms with van der Waals surface area (Å²) in [6.45, 7) is 0. The minimum absolute atomic E-state index is 0.134. The van der Waals surface area contributed by atoms with Crippen molar-refractivity contribution in [3.8, 4) is 5.75 Å². The predicted octanol–water partition coefficient (Wildman–Crippen LogP) is 5.36. The number of esters is 1. The molecule has 6 heteroatoms. The Labute approximate surface area is 205 Å². The second-order valence-electron chi connectivity index (χ2n) is 9.14. The largest absolute Gasteiger partial charge is 0.422 e. The van der Waals surface area contributed by atoms with Crippen molar-refractivity contribution < 1.29 is 19.1 Å². The molecule has 2 amide bonds. The number of carbonyl (C=O) groups is 3. The lowest BCUT2D eigenvalue weighted by Crippen LogP contribution is -2.41. The normalized spacial score (nSPS) is 23.6. The number of ether oxygens (including phenoxy) is 1. The highest BCUT2D eigenvalue weighted by Gasteiger charge is 2.61. The van der Waals surface area contributed by atoms with Crippen LogP contribution in [-0.2, 0) is 9.59 Å². The number of carbonyl (C=O) groups excluding carboxylic acids is 3. The standard InChI is InChI=1S/C29H19NO4S/c31-27-25-23-18-6-1-2-7-19(18)24(21-9-4-3-8-20(21)23)26(25)28(32)30(27)16-11-13-17(14-12-16)34-29(33)22-10-5-15-35-22/h1-15,23-26H/t23?,24?,25-,26+. The molecule has 1 aliphatic heterocycles. The maximum Gasteiger partial charge on any atom is 0.353 e. The molecule has 3 aliphatic carbocycles. The van der Waals surface area contributed by atoms with Crippen molar-refractivity contribution >= 4 is 34.8 Å². The van der Waals surface area contributed by atoms with E-state index in [9.17, 15) is 14.4 Å². The molecule has 2 bridgehead atoms. The quantitative estimate of drug-likeness (QED) is 0.226. The van der Waals surface area contributed by atoms with Gasteiger partial charge < -0.3 is 4.74 Å². The highest BCUT2D eigenvalue weighted by Crippen LogP contribution is 2.61. The molecule has 1 fully saturated rings. The zero-order chi connectivity index (χ0) is 23.7. The summed E-state index contributed by atoms with van der Waals surface area (Å²) in [6, 6.07) is 26.5. The van der Waals surface area contributed by atoms with Crippen LogP contribution in [0.15, 0.2) is 90.3 Å². The van der Waals surface area contributed by atoms with Crippen molar-refractivity contribution in [2.75, 3.05) is 4.90 Å². The van der Waals surface area contributed by atoms with Gasteiger partial charge in [-0.2, -0.15) is 0 Å². The summed E-state index contributed by atoms with van der Waals surface area (Å²) in [5.41, 5.74) is 5.10. The third-order valence-corrected chi connectivity index (χ3v) is 8.33. The third-order valence-electron chi connectivity index (χ3n) is 7.48. The van der Waals surface area contributed by atoms with Gasteiger partial charge in [0.1, 0.15) is 10.6 Å². The Bertz CT molecular complexity index is 1390. The molecule has 0 radical (unpaired) electrons. The first kappa shape index (κ1) is 20.4. The first-order valence-electron chi connectivity index (χ1n) is 11.5. The second-order valence-corrected chi connectivity index (χ2v) is 10.1. The summed E-state index contributed by atoms with van der Waals surface area (Å²) in [4.78, 5) is 41.7. The fourth-order valence-electron chi connectivity index (χ4n) is 6.15. The maximum atomic E-state index is 13.8. The van der Waals surface area contributed by atoms with Crippen LogP contribution < -0.4 is 9.64 Å². The van der Waals surface area contributed by atoms with E-state index in [1.54, 1.807) is 36.4 Å². The lowest BCUT2D eigenvalue weighted by atomic mass is 9.55. The predicted molar refractivity (Wildman–Crippen MR) is 132 cm³/mol. The van der Waals surface area contributed by atoms with Crippen LogP contribution >= 0.6 is 11.3 Å². The Morgan fingerprint density at radius 3 is 1.66 bits per heavy atom. The lowest BCUT2D eigenvalue weighted by molar-refractivity contribution is -0.122. The van der Waals surface area contributed by atoms with Crippen molar-refractivity contribution in [3.63, 3.8) is 0 Å². The number of thiophene rings is 1. The van der Waals surface area contributed by atoms with E-state index < -0.39 is 17.8 Å². The van der Waals surface area contributed by atoms with Gasteiger partial charge in [0, 0.05) is 11.8 Å². The van der Waals surface area contributed by atoms with Gasteiger partial charge >= 0.3 is 5.97 Å². The average Bonchev–Trinajstić information content (AvgIpc) is 3.52. The van der Waals surface area contributed by atoms with E-state index in [0.29, 0.717) is 16.3 Å². The molecule has 0 saturated carbocycles. The van der Waals surface area contributed by atoms with E-state index in [0.717, 1.165) is 22.3 Å². The van der Waals surface area contributed by atoms with E-state index in [2.05, 4.69) is 24.3 Å². The molecule has 8 rings (SSSR count). The molecule has 4 aliphatic rings. The van der Waals surface area contributed by atoms with Crippen molar-refractivity contribution in [1.29, 1.82) is 0 Å². The average molecular weight is 478 g/mol. The monoisotopic (exact) mass is 477 g/mol. The minimum atomic E-state index is -0.431. The Morgan fingerprint density at radius 1 is 0.686 bits per heavy atom. The Balaban J connectivity index is 1.24. The Kier molecular flexibility index (Phi) is 4.35. The van der Waals surface area contributed by atoms with Gasteiger partial charge in [0.15, 0.2) is 0 Å². The van der Waals surface area contributed by atoms with Gasteiger partial charge in [-0.25, -0.2) is 9.69 Å². The van der Waals surface area contributed by atoms with Gasteiger partial charge in [0.05, 0.1) is 17.5 Å². The zero-order valence-corrected chi connectivity index (χ0v) is 19.3. The number of nitrogens with zero attached hydrogens (tertiary/aromatic N) is 1. The fourth-order valence-corrected chi connectivity index (χ4v) is 6.75. The summed E-state index contributed by atoms with van der Waals surface area (Å²) >= 11 is 1.31. The molecule has 1 saturated heterocycles. The molecule has 170 valence electrons. The molecule has 2 atom stereocenters. The fraction of sp³-hybridized carbons (Fsp3) is 0.138. The van der Waals surface area contributed by atoms with E-state index >= 15 is 0 Å². The van der Waals surface area contributed by atoms with Crippen molar-refractivity contribution in [1.82, 2.24) is 0 Å². The number of imide groups is 1. The van der Waals surface area contributed by atoms with E-state index in [-0.39, 0.29) is 23.7 Å². The molecule has 0 N–H and O–H groups in total. The number of anilines is 1. The van der Waals surface area contributed by atoms with Crippen molar-refractivity contribution in [2.45, 2.75) is 11.8 Å². The highest BCUT2D eigenvalue weighted by molar-refractivity contribution is 7.12. The van der Waals surface area contributed by atoms with Crippen molar-refractivity contribution in [2.24, 2.45) is 11.8 Å². The SMILES string of the molecule is O=C(Oc1ccc(N2C(=O)[C@@H]3C4c5ccccc5C(c5ccccc54)[C@@H]3C2=O)cc1)c1cccs1. The Hall–Kier alpha value is -4.03. The van der Waals surface area contributed by atoms with Crippen LogP contribution in [-0.4, -0.2) is 17.8 Å². The van der Waals surface area contributed by atoms with Crippen LogP contribution in [0.4, 0.5) is 5.69 Å². The lowest BCUT2D eigenvalue weighted by Gasteiger charge is -2.45. The Morgan fingerprint density at radius 2 is 1.20 bits per heavy atom. The number of benzene rings is 3. The number of hydrogen-bond donors (Lipinski definition) is 0. The van der Waals surface area contributed by atoms with Gasteiger partial charge in [-0.1, -0.05) is 54.6 Å². The van der Waals surface area contributed by atoms with Crippen LogP contribution in [0.1, 0.15) is 43.8 Å². The summed E-state index contributed by atoms with van der Waals surface area (Å²) in [5, 5.41) is 1.81. The number of rotatable bonds is 3. The summed E-state index contributed by atoms with van der Waals surface area (Å²) < 4.78 is 5.44. The minimum Gasteiger partial charge on any atom is -0.422 e. The molecule has 1 aromatic heterocycles. The number of hydrogen-bond acceptors (Lipinski definition) is 5. The van der Waals surface area contributed by atoms with E-state index in [1.807, 2.05) is 29.6 Å². The summed E-state index contributed by atoms with van der Waals surface area (Å²) in [7, 11) is 0. The molecular weight excluding hydrogens is 458 g/mol. The maximum absolute atomic E-state index is 13.8. The van der Waals surface area contributed by atoms with Gasteiger partial charge in [0.2, 0.25) is 11.8 Å². The van der Waals surface area contributed by atoms with Crippen LogP contribution in [0, 0.1) is 11.8 Å². The number of amides is 2. The van der Waals surface area contributed by atoms with Crippen LogP contribution in [0.25, 0.3) is 0 Å². The van der Waals surface area contributed by atoms with Crippen LogP contribution in [0.5, 0.6) is 5.75 Å². The van der Waals surface area contributed by atoms with Gasteiger partial charge in [-0.15, -0.1) is 11.3 Å². The van der Waals surface area contributed by atoms with Gasteiger partial charge in [-0.05, 0) is 58.0 Å².